The average molecular weight is 371 g/mol. The van der Waals surface area contributed by atoms with Crippen molar-refractivity contribution in [3.05, 3.63) is 36.2 Å². The number of benzene rings is 1. The Morgan fingerprint density at radius 2 is 1.85 bits per heavy atom. The van der Waals surface area contributed by atoms with Crippen LogP contribution in [0.4, 0.5) is 5.69 Å². The molecule has 0 spiro atoms. The zero-order chi connectivity index (χ0) is 19.6. The Balaban J connectivity index is 1.64. The minimum atomic E-state index is -0.819. The summed E-state index contributed by atoms with van der Waals surface area (Å²) in [6.45, 7) is 2.25. The third kappa shape index (κ3) is 4.10. The van der Waals surface area contributed by atoms with Crippen LogP contribution in [0.25, 0.3) is 0 Å². The predicted molar refractivity (Wildman–Crippen MR) is 98.6 cm³/mol. The first-order valence-corrected chi connectivity index (χ1v) is 8.99. The van der Waals surface area contributed by atoms with Gasteiger partial charge >= 0.3 is 0 Å². The largest absolute Gasteiger partial charge is 0.368 e. The lowest BCUT2D eigenvalue weighted by atomic mass is 10.1. The van der Waals surface area contributed by atoms with Crippen molar-refractivity contribution in [1.29, 1.82) is 0 Å². The highest BCUT2D eigenvalue weighted by Crippen LogP contribution is 2.22. The number of carbonyl (C=O) groups excluding carboxylic acids is 4. The van der Waals surface area contributed by atoms with Gasteiger partial charge in [0.2, 0.25) is 17.7 Å². The molecule has 143 valence electrons. The SMILES string of the molecule is CC(=O)N1CC(NC(=O)c2ccc(N3CCCCC3=O)cc2)[CH]C1C(N)=O. The van der Waals surface area contributed by atoms with Gasteiger partial charge in [0.05, 0.1) is 6.04 Å². The smallest absolute Gasteiger partial charge is 0.251 e. The highest BCUT2D eigenvalue weighted by Gasteiger charge is 2.38. The molecule has 3 rings (SSSR count). The lowest BCUT2D eigenvalue weighted by molar-refractivity contribution is -0.134. The van der Waals surface area contributed by atoms with Crippen molar-refractivity contribution in [2.24, 2.45) is 5.73 Å². The molecule has 2 saturated heterocycles. The van der Waals surface area contributed by atoms with Gasteiger partial charge in [-0.2, -0.15) is 0 Å². The quantitative estimate of drug-likeness (QED) is 0.788. The lowest BCUT2D eigenvalue weighted by Gasteiger charge is -2.26. The van der Waals surface area contributed by atoms with Crippen molar-refractivity contribution in [2.45, 2.75) is 38.3 Å². The van der Waals surface area contributed by atoms with E-state index in [1.54, 1.807) is 35.6 Å². The van der Waals surface area contributed by atoms with Gasteiger partial charge in [0.1, 0.15) is 6.04 Å². The number of rotatable bonds is 4. The predicted octanol–water partition coefficient (Wildman–Crippen LogP) is 0.222. The molecule has 8 nitrogen and oxygen atoms in total. The van der Waals surface area contributed by atoms with Crippen molar-refractivity contribution in [3.63, 3.8) is 0 Å². The van der Waals surface area contributed by atoms with Gasteiger partial charge in [-0.15, -0.1) is 0 Å². The molecule has 4 amide bonds. The Hall–Kier alpha value is -2.90. The minimum absolute atomic E-state index is 0.0980. The highest BCUT2D eigenvalue weighted by atomic mass is 16.2. The number of nitrogens with two attached hydrogens (primary N) is 1. The van der Waals surface area contributed by atoms with Crippen molar-refractivity contribution >= 4 is 29.3 Å². The Morgan fingerprint density at radius 3 is 2.41 bits per heavy atom. The summed E-state index contributed by atoms with van der Waals surface area (Å²) >= 11 is 0. The van der Waals surface area contributed by atoms with Crippen molar-refractivity contribution < 1.29 is 19.2 Å². The monoisotopic (exact) mass is 371 g/mol. The van der Waals surface area contributed by atoms with E-state index in [0.717, 1.165) is 18.5 Å². The van der Waals surface area contributed by atoms with Crippen LogP contribution in [-0.2, 0) is 14.4 Å². The molecule has 3 N–H and O–H groups in total. The van der Waals surface area contributed by atoms with E-state index in [-0.39, 0.29) is 24.3 Å². The molecule has 8 heteroatoms. The summed E-state index contributed by atoms with van der Waals surface area (Å²) in [4.78, 5) is 50.6. The fourth-order valence-corrected chi connectivity index (χ4v) is 3.50. The number of hydrogen-bond donors (Lipinski definition) is 2. The maximum Gasteiger partial charge on any atom is 0.251 e. The summed E-state index contributed by atoms with van der Waals surface area (Å²) in [7, 11) is 0. The van der Waals surface area contributed by atoms with Crippen molar-refractivity contribution in [2.75, 3.05) is 18.0 Å². The third-order valence-corrected chi connectivity index (χ3v) is 4.92. The molecule has 2 aliphatic rings. The van der Waals surface area contributed by atoms with Crippen LogP contribution in [0.15, 0.2) is 24.3 Å². The average Bonchev–Trinajstić information content (AvgIpc) is 3.07. The molecule has 2 unspecified atom stereocenters. The molecule has 2 aliphatic heterocycles. The van der Waals surface area contributed by atoms with Gasteiger partial charge < -0.3 is 20.9 Å². The molecule has 1 aromatic rings. The second-order valence-corrected chi connectivity index (χ2v) is 6.84. The molecule has 0 aromatic heterocycles. The zero-order valence-corrected chi connectivity index (χ0v) is 15.2. The number of hydrogen-bond acceptors (Lipinski definition) is 4. The van der Waals surface area contributed by atoms with Gasteiger partial charge in [0.15, 0.2) is 0 Å². The first-order chi connectivity index (χ1) is 12.9. The Bertz CT molecular complexity index is 739. The Labute approximate surface area is 157 Å². The van der Waals surface area contributed by atoms with E-state index in [1.807, 2.05) is 0 Å². The van der Waals surface area contributed by atoms with E-state index < -0.39 is 18.0 Å². The number of likely N-dealkylation sites (tertiary alicyclic amines) is 1. The molecule has 0 aliphatic carbocycles. The fourth-order valence-electron chi connectivity index (χ4n) is 3.50. The van der Waals surface area contributed by atoms with Crippen LogP contribution in [0, 0.1) is 6.42 Å². The maximum absolute atomic E-state index is 12.5. The van der Waals surface area contributed by atoms with Gasteiger partial charge in [0.25, 0.3) is 5.91 Å². The summed E-state index contributed by atoms with van der Waals surface area (Å²) in [6.07, 6.45) is 4.01. The number of piperidine rings is 1. The van der Waals surface area contributed by atoms with Crippen molar-refractivity contribution in [1.82, 2.24) is 10.2 Å². The number of amides is 4. The normalized spacial score (nSPS) is 22.6. The van der Waals surface area contributed by atoms with Gasteiger partial charge in [-0.05, 0) is 37.1 Å². The number of primary amides is 1. The summed E-state index contributed by atoms with van der Waals surface area (Å²) in [5, 5.41) is 2.80. The van der Waals surface area contributed by atoms with E-state index in [1.165, 1.54) is 11.8 Å². The number of nitrogens with one attached hydrogen (secondary N) is 1. The molecule has 2 fully saturated rings. The molecule has 0 saturated carbocycles. The molecule has 1 radical (unpaired) electrons. The number of anilines is 1. The second-order valence-electron chi connectivity index (χ2n) is 6.84. The maximum atomic E-state index is 12.5. The number of carbonyl (C=O) groups is 4. The van der Waals surface area contributed by atoms with Crippen LogP contribution >= 0.6 is 0 Å². The van der Waals surface area contributed by atoms with E-state index in [2.05, 4.69) is 5.32 Å². The summed E-state index contributed by atoms with van der Waals surface area (Å²) < 4.78 is 0. The fraction of sp³-hybridized carbons (Fsp3) is 0.421. The second kappa shape index (κ2) is 7.77. The van der Waals surface area contributed by atoms with E-state index in [4.69, 9.17) is 5.73 Å². The molecule has 27 heavy (non-hydrogen) atoms. The van der Waals surface area contributed by atoms with Crippen LogP contribution < -0.4 is 16.0 Å². The zero-order valence-electron chi connectivity index (χ0n) is 15.2. The molecule has 2 heterocycles. The van der Waals surface area contributed by atoms with Gasteiger partial charge in [0, 0.05) is 44.1 Å². The Morgan fingerprint density at radius 1 is 1.15 bits per heavy atom. The van der Waals surface area contributed by atoms with E-state index >= 15 is 0 Å². The molecule has 2 atom stereocenters. The first-order valence-electron chi connectivity index (χ1n) is 8.99. The minimum Gasteiger partial charge on any atom is -0.368 e. The van der Waals surface area contributed by atoms with Gasteiger partial charge in [-0.1, -0.05) is 0 Å². The summed E-state index contributed by atoms with van der Waals surface area (Å²) in [5.74, 6) is -1.12. The molecular weight excluding hydrogens is 348 g/mol. The molecule has 0 bridgehead atoms. The Kier molecular flexibility index (Phi) is 5.43. The van der Waals surface area contributed by atoms with E-state index in [9.17, 15) is 19.2 Å². The summed E-state index contributed by atoms with van der Waals surface area (Å²) in [5.41, 5.74) is 6.54. The van der Waals surface area contributed by atoms with Crippen LogP contribution in [0.3, 0.4) is 0 Å². The van der Waals surface area contributed by atoms with Crippen molar-refractivity contribution in [3.8, 4) is 0 Å². The highest BCUT2D eigenvalue weighted by molar-refractivity contribution is 5.97. The topological polar surface area (TPSA) is 113 Å². The van der Waals surface area contributed by atoms with Crippen LogP contribution in [-0.4, -0.2) is 53.7 Å². The van der Waals surface area contributed by atoms with Gasteiger partial charge in [-0.25, -0.2) is 0 Å². The van der Waals surface area contributed by atoms with Crippen LogP contribution in [0.5, 0.6) is 0 Å². The lowest BCUT2D eigenvalue weighted by Crippen LogP contribution is -2.43. The van der Waals surface area contributed by atoms with Crippen LogP contribution in [0.1, 0.15) is 36.5 Å². The van der Waals surface area contributed by atoms with E-state index in [0.29, 0.717) is 18.5 Å². The molecule has 1 aromatic carbocycles. The summed E-state index contributed by atoms with van der Waals surface area (Å²) in [6, 6.07) is 5.56. The first kappa shape index (κ1) is 18.9. The van der Waals surface area contributed by atoms with Crippen LogP contribution in [0.2, 0.25) is 0 Å². The van der Waals surface area contributed by atoms with Gasteiger partial charge in [-0.3, -0.25) is 19.2 Å². The number of nitrogens with zero attached hydrogens (tertiary/aromatic N) is 2. The third-order valence-electron chi connectivity index (χ3n) is 4.92. The molecular formula is C19H23N4O4. The standard InChI is InChI=1S/C19H23N4O4/c1-12(24)23-11-14(10-16(23)18(20)26)21-19(27)13-5-7-15(8-6-13)22-9-3-2-4-17(22)25/h5-8,10,14,16H,2-4,9,11H2,1H3,(H2,20,26)(H,21,27).